The average Bonchev–Trinajstić information content (AvgIpc) is 2.42. The number of aliphatic hydroxyl groups is 1. The second kappa shape index (κ2) is 5.47. The van der Waals surface area contributed by atoms with Gasteiger partial charge in [0.05, 0.1) is 6.10 Å². The quantitative estimate of drug-likeness (QED) is 0.735. The molecule has 0 aliphatic carbocycles. The minimum Gasteiger partial charge on any atom is -0.485 e. The van der Waals surface area contributed by atoms with E-state index in [1.807, 2.05) is 18.2 Å². The normalized spacial score (nSPS) is 21.2. The van der Waals surface area contributed by atoms with E-state index in [-0.39, 0.29) is 11.9 Å². The van der Waals surface area contributed by atoms with Crippen molar-refractivity contribution in [3.8, 4) is 5.75 Å². The highest BCUT2D eigenvalue weighted by Crippen LogP contribution is 2.41. The Labute approximate surface area is 132 Å². The predicted molar refractivity (Wildman–Crippen MR) is 81.2 cm³/mol. The summed E-state index contributed by atoms with van der Waals surface area (Å²) in [6.07, 6.45) is -0.556. The van der Waals surface area contributed by atoms with Crippen molar-refractivity contribution in [2.24, 2.45) is 0 Å². The Balaban J connectivity index is 1.94. The maximum atomic E-state index is 13.2. The summed E-state index contributed by atoms with van der Waals surface area (Å²) in [5.41, 5.74) is 1.48. The summed E-state index contributed by atoms with van der Waals surface area (Å²) in [7, 11) is 0. The van der Waals surface area contributed by atoms with Crippen LogP contribution in [0.5, 0.6) is 5.75 Å². The Hall–Kier alpha value is -0.910. The molecule has 0 radical (unpaired) electrons. The number of aliphatic hydroxyl groups excluding tert-OH is 1. The number of hydrogen-bond donors (Lipinski definition) is 1. The summed E-state index contributed by atoms with van der Waals surface area (Å²) in [5.74, 6) is 0.172. The lowest BCUT2D eigenvalue weighted by Gasteiger charge is -2.30. The van der Waals surface area contributed by atoms with Crippen molar-refractivity contribution in [2.75, 3.05) is 0 Å². The van der Waals surface area contributed by atoms with E-state index in [0.29, 0.717) is 17.7 Å². The molecule has 5 heteroatoms. The van der Waals surface area contributed by atoms with Crippen LogP contribution < -0.4 is 4.74 Å². The van der Waals surface area contributed by atoms with Crippen LogP contribution in [0.2, 0.25) is 0 Å². The van der Waals surface area contributed by atoms with E-state index in [2.05, 4.69) is 31.9 Å². The number of ether oxygens (including phenoxy) is 1. The van der Waals surface area contributed by atoms with E-state index in [0.717, 1.165) is 14.5 Å². The topological polar surface area (TPSA) is 29.5 Å². The van der Waals surface area contributed by atoms with Gasteiger partial charge in [-0.2, -0.15) is 0 Å². The fourth-order valence-electron chi connectivity index (χ4n) is 2.33. The van der Waals surface area contributed by atoms with Crippen LogP contribution in [0.3, 0.4) is 0 Å². The van der Waals surface area contributed by atoms with E-state index < -0.39 is 6.10 Å². The van der Waals surface area contributed by atoms with Crippen LogP contribution in [0, 0.1) is 5.82 Å². The number of halogens is 3. The van der Waals surface area contributed by atoms with E-state index in [9.17, 15) is 9.50 Å². The molecule has 0 fully saturated rings. The Kier molecular flexibility index (Phi) is 3.84. The maximum Gasteiger partial charge on any atom is 0.127 e. The van der Waals surface area contributed by atoms with Gasteiger partial charge in [-0.1, -0.05) is 6.07 Å². The van der Waals surface area contributed by atoms with Crippen molar-refractivity contribution in [3.05, 3.63) is 62.3 Å². The third kappa shape index (κ3) is 2.62. The molecule has 0 bridgehead atoms. The third-order valence-corrected chi connectivity index (χ3v) is 5.23. The van der Waals surface area contributed by atoms with Crippen LogP contribution in [0.1, 0.15) is 29.8 Å². The predicted octanol–water partition coefficient (Wildman–Crippen LogP) is 4.91. The summed E-state index contributed by atoms with van der Waals surface area (Å²) in [5, 5.41) is 10.2. The van der Waals surface area contributed by atoms with E-state index >= 15 is 0 Å². The molecule has 3 rings (SSSR count). The fourth-order valence-corrected chi connectivity index (χ4v) is 2.98. The summed E-state index contributed by atoms with van der Waals surface area (Å²) in [6.45, 7) is 0. The van der Waals surface area contributed by atoms with Crippen molar-refractivity contribution in [1.82, 2.24) is 0 Å². The van der Waals surface area contributed by atoms with Crippen LogP contribution in [0.4, 0.5) is 4.39 Å². The van der Waals surface area contributed by atoms with Crippen LogP contribution in [0.25, 0.3) is 0 Å². The van der Waals surface area contributed by atoms with E-state index in [1.54, 1.807) is 6.07 Å². The van der Waals surface area contributed by atoms with Gasteiger partial charge in [-0.25, -0.2) is 4.39 Å². The molecule has 1 heterocycles. The van der Waals surface area contributed by atoms with Gasteiger partial charge in [0.2, 0.25) is 0 Å². The highest BCUT2D eigenvalue weighted by Gasteiger charge is 2.28. The SMILES string of the molecule is O[C@H]1CC(c2ccc(Br)c(Br)c2)Oc2ccc(F)cc21. The monoisotopic (exact) mass is 400 g/mol. The molecule has 0 saturated heterocycles. The Morgan fingerprint density at radius 1 is 1.10 bits per heavy atom. The van der Waals surface area contributed by atoms with Gasteiger partial charge in [0.15, 0.2) is 0 Å². The molecule has 0 saturated carbocycles. The first kappa shape index (κ1) is 14.0. The van der Waals surface area contributed by atoms with Crippen molar-refractivity contribution in [1.29, 1.82) is 0 Å². The first-order chi connectivity index (χ1) is 9.54. The molecule has 0 spiro atoms. The fraction of sp³-hybridized carbons (Fsp3) is 0.200. The van der Waals surface area contributed by atoms with Gasteiger partial charge in [-0.3, -0.25) is 0 Å². The first-order valence-electron chi connectivity index (χ1n) is 6.13. The second-order valence-electron chi connectivity index (χ2n) is 4.71. The molecule has 2 aromatic rings. The maximum absolute atomic E-state index is 13.2. The molecule has 0 amide bonds. The lowest BCUT2D eigenvalue weighted by atomic mass is 9.95. The van der Waals surface area contributed by atoms with Gasteiger partial charge in [0.1, 0.15) is 17.7 Å². The van der Waals surface area contributed by atoms with Crippen LogP contribution in [-0.2, 0) is 0 Å². The minimum absolute atomic E-state index is 0.243. The molecule has 104 valence electrons. The summed E-state index contributed by atoms with van der Waals surface area (Å²) in [6, 6.07) is 10.1. The zero-order valence-corrected chi connectivity index (χ0v) is 13.5. The molecule has 1 aliphatic rings. The zero-order valence-electron chi connectivity index (χ0n) is 10.3. The van der Waals surface area contributed by atoms with Crippen LogP contribution in [0.15, 0.2) is 45.3 Å². The summed E-state index contributed by atoms with van der Waals surface area (Å²) >= 11 is 6.87. The zero-order chi connectivity index (χ0) is 14.3. The van der Waals surface area contributed by atoms with Crippen molar-refractivity contribution < 1.29 is 14.2 Å². The highest BCUT2D eigenvalue weighted by atomic mass is 79.9. The molecule has 0 aromatic heterocycles. The van der Waals surface area contributed by atoms with Gasteiger partial charge >= 0.3 is 0 Å². The molecule has 1 N–H and O–H groups in total. The molecule has 2 atom stereocenters. The average molecular weight is 402 g/mol. The Morgan fingerprint density at radius 3 is 2.65 bits per heavy atom. The van der Waals surface area contributed by atoms with E-state index in [4.69, 9.17) is 4.74 Å². The van der Waals surface area contributed by atoms with Crippen LogP contribution in [-0.4, -0.2) is 5.11 Å². The van der Waals surface area contributed by atoms with Crippen molar-refractivity contribution in [2.45, 2.75) is 18.6 Å². The highest BCUT2D eigenvalue weighted by molar-refractivity contribution is 9.13. The van der Waals surface area contributed by atoms with E-state index in [1.165, 1.54) is 12.1 Å². The number of hydrogen-bond acceptors (Lipinski definition) is 2. The lowest BCUT2D eigenvalue weighted by molar-refractivity contribution is 0.0653. The number of rotatable bonds is 1. The molecule has 2 aromatic carbocycles. The van der Waals surface area contributed by atoms with Crippen molar-refractivity contribution in [3.63, 3.8) is 0 Å². The number of fused-ring (bicyclic) bond motifs is 1. The molecular weight excluding hydrogens is 391 g/mol. The standard InChI is InChI=1S/C15H11Br2FO2/c16-11-3-1-8(5-12(11)17)15-7-13(19)10-6-9(18)2-4-14(10)20-15/h1-6,13,15,19H,7H2/t13-,15?/m0/s1. The second-order valence-corrected chi connectivity index (χ2v) is 6.42. The largest absolute Gasteiger partial charge is 0.485 e. The summed E-state index contributed by atoms with van der Waals surface area (Å²) in [4.78, 5) is 0. The van der Waals surface area contributed by atoms with Gasteiger partial charge in [-0.05, 0) is 67.8 Å². The Bertz CT molecular complexity index is 660. The van der Waals surface area contributed by atoms with Crippen molar-refractivity contribution >= 4 is 31.9 Å². The smallest absolute Gasteiger partial charge is 0.127 e. The summed E-state index contributed by atoms with van der Waals surface area (Å²) < 4.78 is 21.0. The molecule has 1 unspecified atom stereocenters. The van der Waals surface area contributed by atoms with Crippen LogP contribution >= 0.6 is 31.9 Å². The lowest BCUT2D eigenvalue weighted by Crippen LogP contribution is -2.19. The molecule has 20 heavy (non-hydrogen) atoms. The van der Waals surface area contributed by atoms with Gasteiger partial charge in [0.25, 0.3) is 0 Å². The Morgan fingerprint density at radius 2 is 1.90 bits per heavy atom. The number of benzene rings is 2. The minimum atomic E-state index is -0.720. The van der Waals surface area contributed by atoms with Gasteiger partial charge in [-0.15, -0.1) is 0 Å². The van der Waals surface area contributed by atoms with Gasteiger partial charge < -0.3 is 9.84 Å². The molecule has 2 nitrogen and oxygen atoms in total. The third-order valence-electron chi connectivity index (χ3n) is 3.35. The molecular formula is C15H11Br2FO2. The molecule has 1 aliphatic heterocycles. The first-order valence-corrected chi connectivity index (χ1v) is 7.72. The van der Waals surface area contributed by atoms with Gasteiger partial charge in [0, 0.05) is 20.9 Å².